The Balaban J connectivity index is 1.90. The topological polar surface area (TPSA) is 52.2 Å². The zero-order valence-electron chi connectivity index (χ0n) is 15.5. The molecule has 140 valence electrons. The number of hydrogen-bond acceptors (Lipinski definition) is 4. The third kappa shape index (κ3) is 4.43. The molecule has 1 heterocycles. The van der Waals surface area contributed by atoms with Crippen molar-refractivity contribution in [3.63, 3.8) is 0 Å². The van der Waals surface area contributed by atoms with E-state index in [1.54, 1.807) is 24.3 Å². The average Bonchev–Trinajstić information content (AvgIpc) is 3.10. The molecule has 3 rings (SSSR count). The molecular weight excluding hydrogens is 363 g/mol. The quantitative estimate of drug-likeness (QED) is 0.502. The first-order chi connectivity index (χ1) is 13.0. The molecule has 1 atom stereocenters. The van der Waals surface area contributed by atoms with Crippen molar-refractivity contribution in [3.05, 3.63) is 71.8 Å². The van der Waals surface area contributed by atoms with Gasteiger partial charge in [0, 0.05) is 11.3 Å². The second kappa shape index (κ2) is 8.45. The lowest BCUT2D eigenvalue weighted by atomic mass is 10.2. The molecule has 0 aliphatic rings. The first-order valence-corrected chi connectivity index (χ1v) is 9.68. The Kier molecular flexibility index (Phi) is 6.03. The van der Waals surface area contributed by atoms with Crippen molar-refractivity contribution in [1.29, 1.82) is 0 Å². The van der Waals surface area contributed by atoms with Crippen LogP contribution in [0.5, 0.6) is 0 Å². The van der Waals surface area contributed by atoms with Crippen LogP contribution in [0.25, 0.3) is 5.69 Å². The molecule has 0 saturated heterocycles. The molecular formula is C20H22FN4OS+. The average molecular weight is 385 g/mol. The number of Topliss-reactive ketones (excluding diaryl/α,β-unsaturated/α-hetero) is 1. The largest absolute Gasteiger partial charge is 0.331 e. The molecule has 3 aromatic rings. The first kappa shape index (κ1) is 19.3. The number of nitrogens with one attached hydrogen (secondary N) is 1. The van der Waals surface area contributed by atoms with Crippen LogP contribution >= 0.6 is 11.8 Å². The number of nitrogens with zero attached hydrogens (tertiary/aromatic N) is 3. The number of rotatable bonds is 7. The lowest BCUT2D eigenvalue weighted by Crippen LogP contribution is -3.05. The van der Waals surface area contributed by atoms with E-state index in [1.807, 2.05) is 36.9 Å². The molecule has 0 unspecified atom stereocenters. The summed E-state index contributed by atoms with van der Waals surface area (Å²) in [6, 6.07) is 15.5. The van der Waals surface area contributed by atoms with Crippen LogP contribution in [0, 0.1) is 5.82 Å². The summed E-state index contributed by atoms with van der Waals surface area (Å²) >= 11 is 1.34. The predicted molar refractivity (Wildman–Crippen MR) is 104 cm³/mol. The second-order valence-corrected chi connectivity index (χ2v) is 7.47. The molecule has 7 heteroatoms. The van der Waals surface area contributed by atoms with Crippen LogP contribution in [0.3, 0.4) is 0 Å². The highest BCUT2D eigenvalue weighted by atomic mass is 32.2. The van der Waals surface area contributed by atoms with Crippen molar-refractivity contribution in [2.24, 2.45) is 0 Å². The van der Waals surface area contributed by atoms with Gasteiger partial charge in [0.15, 0.2) is 16.8 Å². The highest BCUT2D eigenvalue weighted by Gasteiger charge is 2.24. The predicted octanol–water partition coefficient (Wildman–Crippen LogP) is 2.59. The van der Waals surface area contributed by atoms with Gasteiger partial charge in [-0.15, -0.1) is 10.2 Å². The van der Waals surface area contributed by atoms with Gasteiger partial charge >= 0.3 is 0 Å². The Bertz CT molecular complexity index is 909. The van der Waals surface area contributed by atoms with Gasteiger partial charge in [-0.2, -0.15) is 0 Å². The van der Waals surface area contributed by atoms with E-state index in [1.165, 1.54) is 28.8 Å². The summed E-state index contributed by atoms with van der Waals surface area (Å²) < 4.78 is 15.3. The van der Waals surface area contributed by atoms with Gasteiger partial charge in [0.25, 0.3) is 0 Å². The second-order valence-electron chi connectivity index (χ2n) is 6.53. The number of carbonyl (C=O) groups is 1. The van der Waals surface area contributed by atoms with Gasteiger partial charge in [0.1, 0.15) is 11.9 Å². The van der Waals surface area contributed by atoms with E-state index in [0.717, 1.165) is 11.5 Å². The van der Waals surface area contributed by atoms with Gasteiger partial charge < -0.3 is 4.90 Å². The van der Waals surface area contributed by atoms with Gasteiger partial charge in [-0.3, -0.25) is 9.36 Å². The number of halogens is 1. The minimum Gasteiger partial charge on any atom is -0.331 e. The first-order valence-electron chi connectivity index (χ1n) is 8.69. The monoisotopic (exact) mass is 385 g/mol. The van der Waals surface area contributed by atoms with E-state index in [-0.39, 0.29) is 23.4 Å². The normalized spacial score (nSPS) is 12.3. The molecule has 5 nitrogen and oxygen atoms in total. The Labute approximate surface area is 162 Å². The summed E-state index contributed by atoms with van der Waals surface area (Å²) in [6.07, 6.45) is 0. The minimum absolute atomic E-state index is 0.0297. The van der Waals surface area contributed by atoms with Crippen molar-refractivity contribution in [1.82, 2.24) is 14.8 Å². The number of benzene rings is 2. The maximum atomic E-state index is 13.4. The van der Waals surface area contributed by atoms with E-state index in [9.17, 15) is 9.18 Å². The van der Waals surface area contributed by atoms with Gasteiger partial charge in [-0.25, -0.2) is 4.39 Å². The highest BCUT2D eigenvalue weighted by molar-refractivity contribution is 7.99. The fourth-order valence-corrected chi connectivity index (χ4v) is 3.44. The Hall–Kier alpha value is -2.51. The number of hydrogen-bond donors (Lipinski definition) is 1. The number of quaternary nitrogens is 1. The zero-order chi connectivity index (χ0) is 19.4. The third-order valence-corrected chi connectivity index (χ3v) is 5.35. The molecule has 0 amide bonds. The van der Waals surface area contributed by atoms with E-state index < -0.39 is 0 Å². The number of carbonyl (C=O) groups excluding carboxylic acids is 1. The van der Waals surface area contributed by atoms with E-state index in [4.69, 9.17) is 0 Å². The molecule has 0 aliphatic carbocycles. The molecule has 2 aromatic carbocycles. The summed E-state index contributed by atoms with van der Waals surface area (Å²) in [5.74, 6) is 0.762. The summed E-state index contributed by atoms with van der Waals surface area (Å²) in [5.41, 5.74) is 1.45. The van der Waals surface area contributed by atoms with E-state index in [2.05, 4.69) is 17.1 Å². The molecule has 0 fully saturated rings. The molecule has 0 spiro atoms. The van der Waals surface area contributed by atoms with Crippen LogP contribution in [0.4, 0.5) is 4.39 Å². The van der Waals surface area contributed by atoms with Crippen LogP contribution in [0.2, 0.25) is 0 Å². The number of aromatic nitrogens is 3. The van der Waals surface area contributed by atoms with Crippen molar-refractivity contribution < 1.29 is 14.1 Å². The SMILES string of the molecule is C[C@H](c1nnc(SCC(=O)c2ccccc2)n1-c1ccc(F)cc1)[NH+](C)C. The number of ketones is 1. The standard InChI is InChI=1S/C20H21FN4OS/c1-14(24(2)3)19-22-23-20(25(19)17-11-9-16(21)10-12-17)27-13-18(26)15-7-5-4-6-8-15/h4-12,14H,13H2,1-3H3/p+1/t14-/m1/s1. The molecule has 27 heavy (non-hydrogen) atoms. The molecule has 1 aromatic heterocycles. The maximum Gasteiger partial charge on any atom is 0.196 e. The molecule has 0 bridgehead atoms. The number of thioether (sulfide) groups is 1. The van der Waals surface area contributed by atoms with Crippen LogP contribution in [-0.2, 0) is 0 Å². The Morgan fingerprint density at radius 2 is 1.78 bits per heavy atom. The van der Waals surface area contributed by atoms with Crippen molar-refractivity contribution in [2.45, 2.75) is 18.1 Å². The van der Waals surface area contributed by atoms with E-state index in [0.29, 0.717) is 10.7 Å². The summed E-state index contributed by atoms with van der Waals surface area (Å²) in [7, 11) is 4.08. The van der Waals surface area contributed by atoms with Crippen LogP contribution in [0.15, 0.2) is 59.8 Å². The van der Waals surface area contributed by atoms with Gasteiger partial charge in [-0.05, 0) is 31.2 Å². The van der Waals surface area contributed by atoms with Gasteiger partial charge in [0.2, 0.25) is 0 Å². The summed E-state index contributed by atoms with van der Waals surface area (Å²) in [4.78, 5) is 13.6. The molecule has 1 N–H and O–H groups in total. The van der Waals surface area contributed by atoms with Crippen LogP contribution in [0.1, 0.15) is 29.1 Å². The van der Waals surface area contributed by atoms with Crippen molar-refractivity contribution >= 4 is 17.5 Å². The van der Waals surface area contributed by atoms with Crippen molar-refractivity contribution in [3.8, 4) is 5.69 Å². The van der Waals surface area contributed by atoms with Gasteiger partial charge in [-0.1, -0.05) is 42.1 Å². The highest BCUT2D eigenvalue weighted by Crippen LogP contribution is 2.25. The summed E-state index contributed by atoms with van der Waals surface area (Å²) in [5, 5.41) is 9.27. The van der Waals surface area contributed by atoms with Crippen molar-refractivity contribution in [2.75, 3.05) is 19.8 Å². The smallest absolute Gasteiger partial charge is 0.196 e. The molecule has 0 radical (unpaired) electrons. The van der Waals surface area contributed by atoms with Crippen LogP contribution < -0.4 is 4.90 Å². The Morgan fingerprint density at radius 1 is 1.11 bits per heavy atom. The lowest BCUT2D eigenvalue weighted by Gasteiger charge is -2.18. The summed E-state index contributed by atoms with van der Waals surface area (Å²) in [6.45, 7) is 2.06. The Morgan fingerprint density at radius 3 is 2.41 bits per heavy atom. The maximum absolute atomic E-state index is 13.4. The van der Waals surface area contributed by atoms with E-state index >= 15 is 0 Å². The third-order valence-electron chi connectivity index (χ3n) is 4.42. The molecule has 0 saturated carbocycles. The zero-order valence-corrected chi connectivity index (χ0v) is 16.3. The fourth-order valence-electron chi connectivity index (χ4n) is 2.58. The lowest BCUT2D eigenvalue weighted by molar-refractivity contribution is -0.890. The van der Waals surface area contributed by atoms with Gasteiger partial charge in [0.05, 0.1) is 19.8 Å². The fraction of sp³-hybridized carbons (Fsp3) is 0.250. The molecule has 0 aliphatic heterocycles. The van der Waals surface area contributed by atoms with Crippen LogP contribution in [-0.4, -0.2) is 40.4 Å². The minimum atomic E-state index is -0.298.